The van der Waals surface area contributed by atoms with Crippen molar-refractivity contribution in [3.63, 3.8) is 0 Å². The van der Waals surface area contributed by atoms with E-state index in [0.29, 0.717) is 30.0 Å². The Bertz CT molecular complexity index is 708. The molecule has 1 aromatic carbocycles. The molecule has 6 nitrogen and oxygen atoms in total. The molecule has 0 saturated carbocycles. The predicted octanol–water partition coefficient (Wildman–Crippen LogP) is 2.94. The third-order valence-electron chi connectivity index (χ3n) is 3.97. The Morgan fingerprint density at radius 3 is 2.64 bits per heavy atom. The number of ether oxygens (including phenoxy) is 1. The van der Waals surface area contributed by atoms with Gasteiger partial charge in [0.15, 0.2) is 0 Å². The van der Waals surface area contributed by atoms with Crippen molar-refractivity contribution in [1.82, 2.24) is 5.32 Å². The highest BCUT2D eigenvalue weighted by atomic mass is 16.5. The van der Waals surface area contributed by atoms with Crippen molar-refractivity contribution < 1.29 is 23.8 Å². The monoisotopic (exact) mass is 345 g/mol. The molecule has 0 aliphatic heterocycles. The Hall–Kier alpha value is -2.60. The number of benzene rings is 1. The van der Waals surface area contributed by atoms with Crippen LogP contribution >= 0.6 is 0 Å². The average molecular weight is 345 g/mol. The molecule has 0 aliphatic rings. The Balaban J connectivity index is 2.01. The van der Waals surface area contributed by atoms with Crippen LogP contribution in [-0.4, -0.2) is 30.2 Å². The van der Waals surface area contributed by atoms with Crippen LogP contribution in [0.2, 0.25) is 0 Å². The number of carboxylic acid groups (broad SMARTS) is 1. The SMILES string of the molecule is COC(=O)c1cc(CNC(CCC(=O)O)Cc2ccccc2)oc1C. The quantitative estimate of drug-likeness (QED) is 0.679. The van der Waals surface area contributed by atoms with Crippen LogP contribution in [0.5, 0.6) is 0 Å². The second kappa shape index (κ2) is 9.03. The second-order valence-electron chi connectivity index (χ2n) is 5.87. The van der Waals surface area contributed by atoms with Gasteiger partial charge < -0.3 is 19.6 Å². The first kappa shape index (κ1) is 18.7. The number of esters is 1. The molecule has 0 spiro atoms. The van der Waals surface area contributed by atoms with Gasteiger partial charge in [0.2, 0.25) is 0 Å². The van der Waals surface area contributed by atoms with E-state index in [4.69, 9.17) is 14.3 Å². The van der Waals surface area contributed by atoms with E-state index in [1.165, 1.54) is 7.11 Å². The van der Waals surface area contributed by atoms with Crippen LogP contribution in [0.15, 0.2) is 40.8 Å². The van der Waals surface area contributed by atoms with Gasteiger partial charge in [0, 0.05) is 12.5 Å². The lowest BCUT2D eigenvalue weighted by Gasteiger charge is -2.17. The maximum absolute atomic E-state index is 11.6. The van der Waals surface area contributed by atoms with Crippen LogP contribution in [0.3, 0.4) is 0 Å². The van der Waals surface area contributed by atoms with Gasteiger partial charge in [0.05, 0.1) is 13.7 Å². The van der Waals surface area contributed by atoms with Gasteiger partial charge in [-0.25, -0.2) is 4.79 Å². The third kappa shape index (κ3) is 5.76. The normalized spacial score (nSPS) is 11.9. The lowest BCUT2D eigenvalue weighted by atomic mass is 10.0. The number of nitrogens with one attached hydrogen (secondary N) is 1. The highest BCUT2D eigenvalue weighted by Gasteiger charge is 2.17. The fourth-order valence-corrected chi connectivity index (χ4v) is 2.66. The molecule has 2 rings (SSSR count). The van der Waals surface area contributed by atoms with Crippen LogP contribution in [-0.2, 0) is 22.5 Å². The van der Waals surface area contributed by atoms with Gasteiger partial charge in [-0.2, -0.15) is 0 Å². The van der Waals surface area contributed by atoms with Gasteiger partial charge in [-0.3, -0.25) is 4.79 Å². The first-order valence-electron chi connectivity index (χ1n) is 8.16. The van der Waals surface area contributed by atoms with Crippen molar-refractivity contribution in [3.05, 3.63) is 59.0 Å². The van der Waals surface area contributed by atoms with Gasteiger partial charge >= 0.3 is 11.9 Å². The first-order chi connectivity index (χ1) is 12.0. The molecule has 1 heterocycles. The minimum absolute atomic E-state index is 0.00881. The lowest BCUT2D eigenvalue weighted by molar-refractivity contribution is -0.137. The molecule has 134 valence electrons. The number of furan rings is 1. The van der Waals surface area contributed by atoms with E-state index in [0.717, 1.165) is 12.0 Å². The second-order valence-corrected chi connectivity index (χ2v) is 5.87. The zero-order valence-electron chi connectivity index (χ0n) is 14.5. The number of aliphatic carboxylic acids is 1. The maximum atomic E-state index is 11.6. The summed E-state index contributed by atoms with van der Waals surface area (Å²) in [5.74, 6) is -0.124. The molecule has 2 N–H and O–H groups in total. The molecule has 2 aromatic rings. The zero-order valence-corrected chi connectivity index (χ0v) is 14.5. The topological polar surface area (TPSA) is 88.8 Å². The Kier molecular flexibility index (Phi) is 6.77. The highest BCUT2D eigenvalue weighted by Crippen LogP contribution is 2.16. The van der Waals surface area contributed by atoms with Crippen molar-refractivity contribution in [2.45, 2.75) is 38.8 Å². The summed E-state index contributed by atoms with van der Waals surface area (Å²) >= 11 is 0. The van der Waals surface area contributed by atoms with Crippen LogP contribution in [0.25, 0.3) is 0 Å². The fraction of sp³-hybridized carbons (Fsp3) is 0.368. The summed E-state index contributed by atoms with van der Waals surface area (Å²) in [7, 11) is 1.33. The molecule has 1 aromatic heterocycles. The number of carbonyl (C=O) groups is 2. The summed E-state index contributed by atoms with van der Waals surface area (Å²) in [6.45, 7) is 2.12. The van der Waals surface area contributed by atoms with E-state index >= 15 is 0 Å². The zero-order chi connectivity index (χ0) is 18.2. The first-order valence-corrected chi connectivity index (χ1v) is 8.16. The molecule has 0 amide bonds. The Labute approximate surface area is 146 Å². The van der Waals surface area contributed by atoms with Gasteiger partial charge in [0.1, 0.15) is 17.1 Å². The lowest BCUT2D eigenvalue weighted by Crippen LogP contribution is -2.31. The molecule has 1 unspecified atom stereocenters. The minimum Gasteiger partial charge on any atom is -0.481 e. The largest absolute Gasteiger partial charge is 0.481 e. The number of aryl methyl sites for hydroxylation is 1. The summed E-state index contributed by atoms with van der Waals surface area (Å²) in [6, 6.07) is 11.5. The van der Waals surface area contributed by atoms with E-state index in [1.54, 1.807) is 13.0 Å². The highest BCUT2D eigenvalue weighted by molar-refractivity contribution is 5.90. The van der Waals surface area contributed by atoms with Crippen LogP contribution < -0.4 is 5.32 Å². The summed E-state index contributed by atoms with van der Waals surface area (Å²) in [6.07, 6.45) is 1.32. The average Bonchev–Trinajstić information content (AvgIpc) is 2.98. The van der Waals surface area contributed by atoms with Crippen molar-refractivity contribution >= 4 is 11.9 Å². The molecular formula is C19H23NO5. The molecular weight excluding hydrogens is 322 g/mol. The smallest absolute Gasteiger partial charge is 0.341 e. The van der Waals surface area contributed by atoms with Crippen molar-refractivity contribution in [2.75, 3.05) is 7.11 Å². The molecule has 6 heteroatoms. The van der Waals surface area contributed by atoms with E-state index in [2.05, 4.69) is 5.32 Å². The van der Waals surface area contributed by atoms with E-state index in [9.17, 15) is 9.59 Å². The third-order valence-corrected chi connectivity index (χ3v) is 3.97. The number of hydrogen-bond donors (Lipinski definition) is 2. The summed E-state index contributed by atoms with van der Waals surface area (Å²) in [5, 5.41) is 12.3. The van der Waals surface area contributed by atoms with Crippen molar-refractivity contribution in [1.29, 1.82) is 0 Å². The fourth-order valence-electron chi connectivity index (χ4n) is 2.66. The number of methoxy groups -OCH3 is 1. The standard InChI is InChI=1S/C19H23NO5/c1-13-17(19(23)24-2)11-16(25-13)12-20-15(8-9-18(21)22)10-14-6-4-3-5-7-14/h3-7,11,15,20H,8-10,12H2,1-2H3,(H,21,22). The van der Waals surface area contributed by atoms with E-state index < -0.39 is 11.9 Å². The van der Waals surface area contributed by atoms with Crippen LogP contribution in [0.1, 0.15) is 40.3 Å². The molecule has 0 bridgehead atoms. The molecule has 0 aliphatic carbocycles. The minimum atomic E-state index is -0.818. The molecule has 1 atom stereocenters. The van der Waals surface area contributed by atoms with E-state index in [1.807, 2.05) is 30.3 Å². The molecule has 0 radical (unpaired) electrons. The van der Waals surface area contributed by atoms with Gasteiger partial charge in [-0.1, -0.05) is 30.3 Å². The number of carbonyl (C=O) groups excluding carboxylic acids is 1. The van der Waals surface area contributed by atoms with Crippen molar-refractivity contribution in [2.24, 2.45) is 0 Å². The molecule has 25 heavy (non-hydrogen) atoms. The van der Waals surface area contributed by atoms with Crippen LogP contribution in [0.4, 0.5) is 0 Å². The summed E-state index contributed by atoms with van der Waals surface area (Å²) < 4.78 is 10.3. The number of carboxylic acids is 1. The Morgan fingerprint density at radius 2 is 2.00 bits per heavy atom. The van der Waals surface area contributed by atoms with E-state index in [-0.39, 0.29) is 12.5 Å². The maximum Gasteiger partial charge on any atom is 0.341 e. The van der Waals surface area contributed by atoms with Crippen LogP contribution in [0, 0.1) is 6.92 Å². The van der Waals surface area contributed by atoms with Gasteiger partial charge in [-0.05, 0) is 31.4 Å². The summed E-state index contributed by atoms with van der Waals surface area (Å²) in [5.41, 5.74) is 1.54. The van der Waals surface area contributed by atoms with Gasteiger partial charge in [0.25, 0.3) is 0 Å². The van der Waals surface area contributed by atoms with Crippen molar-refractivity contribution in [3.8, 4) is 0 Å². The summed E-state index contributed by atoms with van der Waals surface area (Å²) in [4.78, 5) is 22.5. The van der Waals surface area contributed by atoms with Gasteiger partial charge in [-0.15, -0.1) is 0 Å². The number of rotatable bonds is 9. The Morgan fingerprint density at radius 1 is 1.28 bits per heavy atom. The molecule has 0 saturated heterocycles. The predicted molar refractivity (Wildman–Crippen MR) is 92.4 cm³/mol. The number of hydrogen-bond acceptors (Lipinski definition) is 5. The molecule has 0 fully saturated rings.